The van der Waals surface area contributed by atoms with Crippen LogP contribution in [0.15, 0.2) is 15.9 Å². The van der Waals surface area contributed by atoms with Crippen LogP contribution >= 0.6 is 27.3 Å². The van der Waals surface area contributed by atoms with E-state index in [1.165, 1.54) is 4.88 Å². The van der Waals surface area contributed by atoms with Crippen LogP contribution in [0.4, 0.5) is 0 Å². The zero-order valence-electron chi connectivity index (χ0n) is 8.53. The average Bonchev–Trinajstić information content (AvgIpc) is 2.84. The zero-order valence-corrected chi connectivity index (χ0v) is 10.9. The van der Waals surface area contributed by atoms with E-state index in [4.69, 9.17) is 4.42 Å². The molecule has 0 fully saturated rings. The number of halogens is 1. The summed E-state index contributed by atoms with van der Waals surface area (Å²) in [4.78, 5) is 1.40. The first-order valence-corrected chi connectivity index (χ1v) is 6.53. The Morgan fingerprint density at radius 1 is 1.53 bits per heavy atom. The minimum atomic E-state index is 0.151. The molecule has 80 valence electrons. The molecule has 0 aliphatic rings. The molecule has 2 aromatic heterocycles. The lowest BCUT2D eigenvalue weighted by Crippen LogP contribution is -1.86. The summed E-state index contributed by atoms with van der Waals surface area (Å²) in [6, 6.07) is 2.05. The van der Waals surface area contributed by atoms with Gasteiger partial charge in [-0.3, -0.25) is 0 Å². The molecule has 0 saturated heterocycles. The maximum atomic E-state index is 5.57. The summed E-state index contributed by atoms with van der Waals surface area (Å²) in [7, 11) is 0. The Morgan fingerprint density at radius 2 is 2.33 bits per heavy atom. The van der Waals surface area contributed by atoms with E-state index in [2.05, 4.69) is 46.0 Å². The molecular weight excluding hydrogens is 276 g/mol. The van der Waals surface area contributed by atoms with Gasteiger partial charge in [-0.1, -0.05) is 22.9 Å². The van der Waals surface area contributed by atoms with Gasteiger partial charge >= 0.3 is 0 Å². The van der Waals surface area contributed by atoms with Gasteiger partial charge in [0, 0.05) is 15.8 Å². The minimum Gasteiger partial charge on any atom is -0.419 e. The molecule has 0 aliphatic carbocycles. The van der Waals surface area contributed by atoms with Crippen molar-refractivity contribution in [2.75, 3.05) is 0 Å². The summed E-state index contributed by atoms with van der Waals surface area (Å²) in [6.45, 7) is 4.13. The quantitative estimate of drug-likeness (QED) is 0.802. The second-order valence-electron chi connectivity index (χ2n) is 3.27. The SMILES string of the molecule is CCC(Br)c1nnc(-c2csc(C)c2)o1. The van der Waals surface area contributed by atoms with E-state index in [0.29, 0.717) is 11.8 Å². The molecule has 0 aromatic carbocycles. The summed E-state index contributed by atoms with van der Waals surface area (Å²) in [5.74, 6) is 1.25. The topological polar surface area (TPSA) is 38.9 Å². The third kappa shape index (κ3) is 2.29. The van der Waals surface area contributed by atoms with Gasteiger partial charge in [0.15, 0.2) is 0 Å². The van der Waals surface area contributed by atoms with Crippen LogP contribution in [-0.4, -0.2) is 10.2 Å². The third-order valence-corrected chi connectivity index (χ3v) is 3.95. The highest BCUT2D eigenvalue weighted by molar-refractivity contribution is 9.09. The molecule has 0 radical (unpaired) electrons. The maximum absolute atomic E-state index is 5.57. The predicted molar refractivity (Wildman–Crippen MR) is 64.3 cm³/mol. The highest BCUT2D eigenvalue weighted by Crippen LogP contribution is 2.29. The predicted octanol–water partition coefficient (Wildman–Crippen LogP) is 3.95. The van der Waals surface area contributed by atoms with Crippen molar-refractivity contribution in [2.45, 2.75) is 25.1 Å². The highest BCUT2D eigenvalue weighted by Gasteiger charge is 2.15. The standard InChI is InChI=1S/C10H11BrN2OS/c1-3-8(11)10-13-12-9(14-10)7-4-6(2)15-5-7/h4-5,8H,3H2,1-2H3. The lowest BCUT2D eigenvalue weighted by molar-refractivity contribution is 0.500. The molecule has 1 unspecified atom stereocenters. The molecule has 3 nitrogen and oxygen atoms in total. The van der Waals surface area contributed by atoms with Gasteiger partial charge in [-0.2, -0.15) is 0 Å². The van der Waals surface area contributed by atoms with Crippen molar-refractivity contribution in [1.82, 2.24) is 10.2 Å². The molecule has 2 aromatic rings. The van der Waals surface area contributed by atoms with Crippen molar-refractivity contribution < 1.29 is 4.42 Å². The molecule has 15 heavy (non-hydrogen) atoms. The largest absolute Gasteiger partial charge is 0.419 e. The van der Waals surface area contributed by atoms with Gasteiger partial charge in [0.2, 0.25) is 11.8 Å². The van der Waals surface area contributed by atoms with Gasteiger partial charge in [-0.05, 0) is 19.4 Å². The molecule has 0 amide bonds. The number of hydrogen-bond acceptors (Lipinski definition) is 4. The molecule has 0 bridgehead atoms. The van der Waals surface area contributed by atoms with E-state index < -0.39 is 0 Å². The number of hydrogen-bond donors (Lipinski definition) is 0. The molecular formula is C10H11BrN2OS. The number of alkyl halides is 1. The fourth-order valence-electron chi connectivity index (χ4n) is 1.21. The van der Waals surface area contributed by atoms with Crippen LogP contribution in [0.1, 0.15) is 28.9 Å². The Balaban J connectivity index is 2.27. The molecule has 2 rings (SSSR count). The number of thiophene rings is 1. The van der Waals surface area contributed by atoms with Crippen molar-refractivity contribution in [3.63, 3.8) is 0 Å². The summed E-state index contributed by atoms with van der Waals surface area (Å²) < 4.78 is 5.57. The lowest BCUT2D eigenvalue weighted by Gasteiger charge is -1.97. The fraction of sp³-hybridized carbons (Fsp3) is 0.400. The zero-order chi connectivity index (χ0) is 10.8. The van der Waals surface area contributed by atoms with Crippen molar-refractivity contribution >= 4 is 27.3 Å². The van der Waals surface area contributed by atoms with E-state index in [-0.39, 0.29) is 4.83 Å². The smallest absolute Gasteiger partial charge is 0.248 e. The first-order valence-electron chi connectivity index (χ1n) is 4.73. The summed E-state index contributed by atoms with van der Waals surface area (Å²) in [6.07, 6.45) is 0.935. The second-order valence-corrected chi connectivity index (χ2v) is 5.49. The highest BCUT2D eigenvalue weighted by atomic mass is 79.9. The van der Waals surface area contributed by atoms with Gasteiger partial charge in [0.1, 0.15) is 0 Å². The Bertz CT molecular complexity index is 452. The summed E-state index contributed by atoms with van der Waals surface area (Å²) in [5, 5.41) is 10.1. The monoisotopic (exact) mass is 286 g/mol. The summed E-state index contributed by atoms with van der Waals surface area (Å²) >= 11 is 5.17. The molecule has 0 N–H and O–H groups in total. The maximum Gasteiger partial charge on any atom is 0.248 e. The van der Waals surface area contributed by atoms with Crippen molar-refractivity contribution in [3.8, 4) is 11.5 Å². The van der Waals surface area contributed by atoms with E-state index >= 15 is 0 Å². The van der Waals surface area contributed by atoms with Crippen LogP contribution in [0.2, 0.25) is 0 Å². The third-order valence-electron chi connectivity index (χ3n) is 2.04. The normalized spacial score (nSPS) is 13.0. The van der Waals surface area contributed by atoms with Crippen molar-refractivity contribution in [3.05, 3.63) is 22.2 Å². The summed E-state index contributed by atoms with van der Waals surface area (Å²) in [5.41, 5.74) is 1.01. The van der Waals surface area contributed by atoms with Crippen LogP contribution in [0.25, 0.3) is 11.5 Å². The number of rotatable bonds is 3. The van der Waals surface area contributed by atoms with E-state index in [1.807, 2.05) is 5.38 Å². The van der Waals surface area contributed by atoms with E-state index in [9.17, 15) is 0 Å². The Kier molecular flexibility index (Phi) is 3.21. The van der Waals surface area contributed by atoms with Crippen LogP contribution in [0.5, 0.6) is 0 Å². The van der Waals surface area contributed by atoms with Crippen LogP contribution in [0, 0.1) is 6.92 Å². The molecule has 5 heteroatoms. The molecule has 0 aliphatic heterocycles. The van der Waals surface area contributed by atoms with Crippen LogP contribution < -0.4 is 0 Å². The minimum absolute atomic E-state index is 0.151. The van der Waals surface area contributed by atoms with Crippen LogP contribution in [-0.2, 0) is 0 Å². The van der Waals surface area contributed by atoms with E-state index in [0.717, 1.165) is 12.0 Å². The first kappa shape index (κ1) is 10.8. The Hall–Kier alpha value is -0.680. The number of nitrogens with zero attached hydrogens (tertiary/aromatic N) is 2. The van der Waals surface area contributed by atoms with Gasteiger partial charge in [0.05, 0.1) is 4.83 Å². The fourth-order valence-corrected chi connectivity index (χ4v) is 2.07. The van der Waals surface area contributed by atoms with E-state index in [1.54, 1.807) is 11.3 Å². The Morgan fingerprint density at radius 3 is 2.93 bits per heavy atom. The van der Waals surface area contributed by atoms with Crippen molar-refractivity contribution in [2.24, 2.45) is 0 Å². The van der Waals surface area contributed by atoms with Crippen LogP contribution in [0.3, 0.4) is 0 Å². The molecule has 0 spiro atoms. The molecule has 1 atom stereocenters. The number of aromatic nitrogens is 2. The van der Waals surface area contributed by atoms with Gasteiger partial charge in [-0.25, -0.2) is 0 Å². The van der Waals surface area contributed by atoms with Gasteiger partial charge < -0.3 is 4.42 Å². The van der Waals surface area contributed by atoms with Gasteiger partial charge in [0.25, 0.3) is 0 Å². The van der Waals surface area contributed by atoms with Gasteiger partial charge in [-0.15, -0.1) is 21.5 Å². The molecule has 2 heterocycles. The number of aryl methyl sites for hydroxylation is 1. The first-order chi connectivity index (χ1) is 7.20. The lowest BCUT2D eigenvalue weighted by atomic mass is 10.3. The Labute approximate surface area is 101 Å². The average molecular weight is 287 g/mol. The van der Waals surface area contributed by atoms with Crippen molar-refractivity contribution in [1.29, 1.82) is 0 Å². The second kappa shape index (κ2) is 4.45. The molecule has 0 saturated carbocycles.